The van der Waals surface area contributed by atoms with Gasteiger partial charge in [-0.25, -0.2) is 8.78 Å². The maximum Gasteiger partial charge on any atom is 0.258 e. The van der Waals surface area contributed by atoms with Crippen molar-refractivity contribution in [1.82, 2.24) is 19.4 Å². The van der Waals surface area contributed by atoms with E-state index >= 15 is 0 Å². The van der Waals surface area contributed by atoms with E-state index in [1.165, 1.54) is 22.7 Å². The van der Waals surface area contributed by atoms with Gasteiger partial charge in [0, 0.05) is 49.4 Å². The van der Waals surface area contributed by atoms with Crippen LogP contribution in [0.1, 0.15) is 17.0 Å². The maximum atomic E-state index is 13.7. The number of nitrogens with one attached hydrogen (secondary N) is 1. The van der Waals surface area contributed by atoms with Gasteiger partial charge in [0.05, 0.1) is 17.4 Å². The zero-order chi connectivity index (χ0) is 22.2. The Hall–Kier alpha value is -3.23. The van der Waals surface area contributed by atoms with E-state index in [2.05, 4.69) is 28.0 Å². The Morgan fingerprint density at radius 1 is 1.12 bits per heavy atom. The Balaban J connectivity index is 0.00000259. The highest BCUT2D eigenvalue weighted by Gasteiger charge is 2.17. The van der Waals surface area contributed by atoms with Crippen molar-refractivity contribution in [3.63, 3.8) is 0 Å². The predicted molar refractivity (Wildman–Crippen MR) is 125 cm³/mol. The van der Waals surface area contributed by atoms with Crippen LogP contribution >= 0.6 is 12.4 Å². The van der Waals surface area contributed by atoms with Gasteiger partial charge in [0.15, 0.2) is 5.82 Å². The number of benzene rings is 1. The fraction of sp³-hybridized carbons (Fsp3) is 0.250. The second-order valence-corrected chi connectivity index (χ2v) is 7.88. The number of pyridine rings is 2. The van der Waals surface area contributed by atoms with Crippen molar-refractivity contribution in [2.24, 2.45) is 7.05 Å². The molecule has 5 rings (SSSR count). The van der Waals surface area contributed by atoms with Crippen LogP contribution in [-0.4, -0.2) is 27.2 Å². The first-order valence-corrected chi connectivity index (χ1v) is 10.5. The van der Waals surface area contributed by atoms with Gasteiger partial charge in [-0.15, -0.1) is 12.4 Å². The molecular formula is C24H23ClF2N4O2. The van der Waals surface area contributed by atoms with Crippen LogP contribution in [0, 0.1) is 11.6 Å². The average molecular weight is 473 g/mol. The molecule has 4 aromatic rings. The van der Waals surface area contributed by atoms with Gasteiger partial charge < -0.3 is 14.6 Å². The fourth-order valence-electron chi connectivity index (χ4n) is 4.31. The molecule has 33 heavy (non-hydrogen) atoms. The highest BCUT2D eigenvalue weighted by atomic mass is 35.5. The normalized spacial score (nSPS) is 13.3. The number of aryl methyl sites for hydroxylation is 1. The first-order chi connectivity index (χ1) is 15.5. The van der Waals surface area contributed by atoms with E-state index in [9.17, 15) is 13.6 Å². The summed E-state index contributed by atoms with van der Waals surface area (Å²) in [6.07, 6.45) is 4.52. The first-order valence-electron chi connectivity index (χ1n) is 10.5. The lowest BCUT2D eigenvalue weighted by Gasteiger charge is -2.10. The molecule has 0 bridgehead atoms. The summed E-state index contributed by atoms with van der Waals surface area (Å²) in [7, 11) is 2.07. The van der Waals surface area contributed by atoms with Crippen LogP contribution in [-0.2, 0) is 26.5 Å². The maximum absolute atomic E-state index is 13.7. The Kier molecular flexibility index (Phi) is 6.49. The van der Waals surface area contributed by atoms with Crippen LogP contribution in [0.3, 0.4) is 0 Å². The van der Waals surface area contributed by atoms with E-state index in [4.69, 9.17) is 4.74 Å². The summed E-state index contributed by atoms with van der Waals surface area (Å²) in [6, 6.07) is 9.78. The molecule has 0 aliphatic carbocycles. The lowest BCUT2D eigenvalue weighted by molar-refractivity contribution is 0.292. The molecule has 0 radical (unpaired) electrons. The fourth-order valence-corrected chi connectivity index (χ4v) is 4.31. The molecular weight excluding hydrogens is 450 g/mol. The Morgan fingerprint density at radius 2 is 1.94 bits per heavy atom. The topological polar surface area (TPSA) is 61.1 Å². The molecule has 0 fully saturated rings. The summed E-state index contributed by atoms with van der Waals surface area (Å²) >= 11 is 0. The van der Waals surface area contributed by atoms with E-state index in [1.807, 2.05) is 12.1 Å². The van der Waals surface area contributed by atoms with Crippen molar-refractivity contribution in [3.05, 3.63) is 87.7 Å². The molecule has 172 valence electrons. The molecule has 9 heteroatoms. The minimum Gasteiger partial charge on any atom is -0.487 e. The summed E-state index contributed by atoms with van der Waals surface area (Å²) in [6.45, 7) is 1.72. The molecule has 1 aliphatic rings. The third-order valence-corrected chi connectivity index (χ3v) is 5.94. The molecule has 1 aromatic carbocycles. The zero-order valence-electron chi connectivity index (χ0n) is 18.0. The van der Waals surface area contributed by atoms with Crippen LogP contribution in [0.2, 0.25) is 0 Å². The molecule has 1 N–H and O–H groups in total. The SMILES string of the molecule is Cl.Cn1c2c(c3ccc(-n4ccc(OCc5ncc(F)cc5F)cc4=O)cc31)CCNCC2. The molecule has 4 heterocycles. The molecule has 0 amide bonds. The summed E-state index contributed by atoms with van der Waals surface area (Å²) < 4.78 is 36.0. The number of aromatic nitrogens is 3. The number of hydrogen-bond donors (Lipinski definition) is 1. The van der Waals surface area contributed by atoms with Crippen molar-refractivity contribution in [2.75, 3.05) is 13.1 Å². The minimum atomic E-state index is -0.789. The second kappa shape index (κ2) is 9.33. The van der Waals surface area contributed by atoms with Gasteiger partial charge in [0.25, 0.3) is 5.56 Å². The highest BCUT2D eigenvalue weighted by Crippen LogP contribution is 2.29. The van der Waals surface area contributed by atoms with Crippen LogP contribution in [0.4, 0.5) is 8.78 Å². The van der Waals surface area contributed by atoms with Crippen molar-refractivity contribution in [2.45, 2.75) is 19.4 Å². The summed E-state index contributed by atoms with van der Waals surface area (Å²) in [4.78, 5) is 16.4. The quantitative estimate of drug-likeness (QED) is 0.492. The largest absolute Gasteiger partial charge is 0.487 e. The van der Waals surface area contributed by atoms with Gasteiger partial charge in [0.1, 0.15) is 23.9 Å². The molecule has 1 aliphatic heterocycles. The van der Waals surface area contributed by atoms with Gasteiger partial charge in [0.2, 0.25) is 0 Å². The second-order valence-electron chi connectivity index (χ2n) is 7.88. The third-order valence-electron chi connectivity index (χ3n) is 5.94. The Labute approximate surface area is 195 Å². The van der Waals surface area contributed by atoms with Gasteiger partial charge in [-0.05, 0) is 36.7 Å². The van der Waals surface area contributed by atoms with Gasteiger partial charge in [-0.2, -0.15) is 0 Å². The van der Waals surface area contributed by atoms with E-state index in [0.29, 0.717) is 0 Å². The molecule has 0 saturated carbocycles. The van der Waals surface area contributed by atoms with E-state index in [1.54, 1.807) is 16.8 Å². The van der Waals surface area contributed by atoms with E-state index in [-0.39, 0.29) is 36.0 Å². The summed E-state index contributed by atoms with van der Waals surface area (Å²) in [5, 5.41) is 4.66. The number of halogens is 3. The van der Waals surface area contributed by atoms with E-state index < -0.39 is 11.6 Å². The number of ether oxygens (including phenoxy) is 1. The zero-order valence-corrected chi connectivity index (χ0v) is 18.8. The standard InChI is InChI=1S/C24H22F2N4O2.ClH/c1-29-22-5-8-27-7-4-19(22)18-3-2-16(11-23(18)29)30-9-6-17(12-24(30)31)32-14-21-20(26)10-15(25)13-28-21;/h2-3,6,9-13,27H,4-5,7-8,14H2,1H3;1H. The van der Waals surface area contributed by atoms with Gasteiger partial charge in [-0.3, -0.25) is 14.3 Å². The number of rotatable bonds is 4. The van der Waals surface area contributed by atoms with Crippen LogP contribution in [0.5, 0.6) is 5.75 Å². The monoisotopic (exact) mass is 472 g/mol. The van der Waals surface area contributed by atoms with Crippen LogP contribution in [0.25, 0.3) is 16.6 Å². The molecule has 0 unspecified atom stereocenters. The van der Waals surface area contributed by atoms with Crippen molar-refractivity contribution >= 4 is 23.3 Å². The summed E-state index contributed by atoms with van der Waals surface area (Å²) in [5.41, 5.74) is 4.26. The lowest BCUT2D eigenvalue weighted by atomic mass is 10.1. The molecule has 0 atom stereocenters. The molecule has 0 saturated heterocycles. The van der Waals surface area contributed by atoms with E-state index in [0.717, 1.165) is 49.4 Å². The van der Waals surface area contributed by atoms with Crippen LogP contribution < -0.4 is 15.6 Å². The average Bonchev–Trinajstić information content (AvgIpc) is 2.93. The van der Waals surface area contributed by atoms with Crippen molar-refractivity contribution in [3.8, 4) is 11.4 Å². The highest BCUT2D eigenvalue weighted by molar-refractivity contribution is 5.87. The molecule has 0 spiro atoms. The minimum absolute atomic E-state index is 0. The smallest absolute Gasteiger partial charge is 0.258 e. The van der Waals surface area contributed by atoms with Gasteiger partial charge >= 0.3 is 0 Å². The molecule has 3 aromatic heterocycles. The van der Waals surface area contributed by atoms with Crippen molar-refractivity contribution in [1.29, 1.82) is 0 Å². The third kappa shape index (κ3) is 4.36. The molecule has 6 nitrogen and oxygen atoms in total. The van der Waals surface area contributed by atoms with Crippen LogP contribution in [0.15, 0.2) is 53.6 Å². The predicted octanol–water partition coefficient (Wildman–Crippen LogP) is 3.69. The number of nitrogens with zero attached hydrogens (tertiary/aromatic N) is 3. The Bertz CT molecular complexity index is 1380. The van der Waals surface area contributed by atoms with Gasteiger partial charge in [-0.1, -0.05) is 6.07 Å². The first kappa shape index (κ1) is 22.9. The van der Waals surface area contributed by atoms with Crippen molar-refractivity contribution < 1.29 is 13.5 Å². The number of fused-ring (bicyclic) bond motifs is 3. The Morgan fingerprint density at radius 3 is 2.73 bits per heavy atom. The number of hydrogen-bond acceptors (Lipinski definition) is 4. The lowest BCUT2D eigenvalue weighted by Crippen LogP contribution is -2.17. The summed E-state index contributed by atoms with van der Waals surface area (Å²) in [5.74, 6) is -1.25.